The highest BCUT2D eigenvalue weighted by Crippen LogP contribution is 2.45. The van der Waals surface area contributed by atoms with Crippen molar-refractivity contribution in [2.24, 2.45) is 5.41 Å². The lowest BCUT2D eigenvalue weighted by molar-refractivity contribution is -0.145. The second-order valence-corrected chi connectivity index (χ2v) is 4.29. The molecule has 0 aliphatic heterocycles. The van der Waals surface area contributed by atoms with Gasteiger partial charge in [-0.1, -0.05) is 5.92 Å². The van der Waals surface area contributed by atoms with Gasteiger partial charge in [-0.15, -0.1) is 0 Å². The number of hydrogen-bond donors (Lipinski definition) is 0. The van der Waals surface area contributed by atoms with Gasteiger partial charge in [-0.2, -0.15) is 0 Å². The highest BCUT2D eigenvalue weighted by atomic mass is 79.9. The van der Waals surface area contributed by atoms with Gasteiger partial charge in [0.05, 0.1) is 12.0 Å². The Bertz CT molecular complexity index is 274. The Balaban J connectivity index is 2.26. The Labute approximate surface area is 92.9 Å². The van der Waals surface area contributed by atoms with E-state index >= 15 is 0 Å². The molecule has 0 aromatic heterocycles. The molecule has 0 spiro atoms. The van der Waals surface area contributed by atoms with Gasteiger partial charge in [0.25, 0.3) is 0 Å². The van der Waals surface area contributed by atoms with E-state index in [2.05, 4.69) is 26.7 Å². The lowest BCUT2D eigenvalue weighted by Crippen LogP contribution is -2.25. The Morgan fingerprint density at radius 2 is 2.21 bits per heavy atom. The van der Waals surface area contributed by atoms with Gasteiger partial charge in [-0.25, -0.2) is 0 Å². The third kappa shape index (κ3) is 3.69. The van der Waals surface area contributed by atoms with Crippen LogP contribution in [0.25, 0.3) is 0 Å². The first-order chi connectivity index (χ1) is 6.58. The summed E-state index contributed by atoms with van der Waals surface area (Å²) in [5.41, 5.74) is -0.0501. The Morgan fingerprint density at radius 1 is 1.57 bits per heavy atom. The topological polar surface area (TPSA) is 29.5 Å². The average Bonchev–Trinajstić information content (AvgIpc) is 2.82. The molecule has 0 heterocycles. The number of likely N-dealkylation sites (N-methyl/N-ethyl adjacent to an activating group) is 1. The van der Waals surface area contributed by atoms with E-state index in [-0.39, 0.29) is 11.4 Å². The average molecular weight is 260 g/mol. The molecule has 3 nitrogen and oxygen atoms in total. The quantitative estimate of drug-likeness (QED) is 0.562. The van der Waals surface area contributed by atoms with Gasteiger partial charge < -0.3 is 4.74 Å². The van der Waals surface area contributed by atoms with Crippen LogP contribution in [-0.4, -0.2) is 38.1 Å². The first-order valence-electron chi connectivity index (χ1n) is 4.51. The van der Waals surface area contributed by atoms with E-state index in [1.165, 1.54) is 0 Å². The Kier molecular flexibility index (Phi) is 3.97. The van der Waals surface area contributed by atoms with Crippen LogP contribution in [0.5, 0.6) is 0 Å². The molecule has 0 N–H and O–H groups in total. The van der Waals surface area contributed by atoms with Crippen LogP contribution in [-0.2, 0) is 9.53 Å². The number of carbonyl (C=O) groups is 1. The molecule has 0 atom stereocenters. The van der Waals surface area contributed by atoms with E-state index in [1.807, 2.05) is 14.1 Å². The van der Waals surface area contributed by atoms with Gasteiger partial charge in [-0.3, -0.25) is 9.69 Å². The van der Waals surface area contributed by atoms with E-state index in [0.717, 1.165) is 12.8 Å². The summed E-state index contributed by atoms with van der Waals surface area (Å²) in [6.07, 6.45) is 2.06. The minimum atomic E-state index is -0.183. The Hall–Kier alpha value is -0.530. The molecular weight excluding hydrogens is 246 g/mol. The van der Waals surface area contributed by atoms with Crippen molar-refractivity contribution in [3.8, 4) is 10.8 Å². The fourth-order valence-electron chi connectivity index (χ4n) is 1.08. The van der Waals surface area contributed by atoms with Crippen LogP contribution in [0, 0.1) is 16.2 Å². The first kappa shape index (κ1) is 11.5. The fraction of sp³-hybridized carbons (Fsp3) is 0.700. The number of halogens is 1. The number of carbonyl (C=O) groups excluding carboxylic acids is 1. The summed E-state index contributed by atoms with van der Waals surface area (Å²) >= 11 is 3.06. The van der Waals surface area contributed by atoms with E-state index < -0.39 is 0 Å². The zero-order valence-electron chi connectivity index (χ0n) is 8.47. The minimum Gasteiger partial charge on any atom is -0.463 e. The molecule has 0 aromatic rings. The fourth-order valence-corrected chi connectivity index (χ4v) is 1.50. The largest absolute Gasteiger partial charge is 0.463 e. The van der Waals surface area contributed by atoms with Gasteiger partial charge in [-0.05, 0) is 31.8 Å². The molecule has 0 aromatic carbocycles. The van der Waals surface area contributed by atoms with Crippen LogP contribution >= 0.6 is 15.9 Å². The SMILES string of the molecule is CN(C)CC(=O)OCC1(C#CBr)CC1. The lowest BCUT2D eigenvalue weighted by atomic mass is 10.1. The predicted molar refractivity (Wildman–Crippen MR) is 57.9 cm³/mol. The molecule has 4 heteroatoms. The Morgan fingerprint density at radius 3 is 2.64 bits per heavy atom. The molecule has 0 saturated heterocycles. The summed E-state index contributed by atoms with van der Waals surface area (Å²) in [6, 6.07) is 0. The molecular formula is C10H14BrNO2. The molecule has 78 valence electrons. The normalized spacial score (nSPS) is 17.1. The monoisotopic (exact) mass is 259 g/mol. The van der Waals surface area contributed by atoms with Crippen molar-refractivity contribution in [2.45, 2.75) is 12.8 Å². The van der Waals surface area contributed by atoms with Crippen molar-refractivity contribution in [3.05, 3.63) is 0 Å². The summed E-state index contributed by atoms with van der Waals surface area (Å²) < 4.78 is 5.13. The van der Waals surface area contributed by atoms with Crippen LogP contribution in [0.1, 0.15) is 12.8 Å². The number of nitrogens with zero attached hydrogens (tertiary/aromatic N) is 1. The summed E-state index contributed by atoms with van der Waals surface area (Å²) in [6.45, 7) is 0.760. The van der Waals surface area contributed by atoms with Crippen LogP contribution in [0.3, 0.4) is 0 Å². The molecule has 0 bridgehead atoms. The minimum absolute atomic E-state index is 0.0501. The van der Waals surface area contributed by atoms with E-state index in [4.69, 9.17) is 4.74 Å². The van der Waals surface area contributed by atoms with Crippen molar-refractivity contribution in [1.82, 2.24) is 4.90 Å². The van der Waals surface area contributed by atoms with E-state index in [0.29, 0.717) is 13.2 Å². The maximum Gasteiger partial charge on any atom is 0.320 e. The second-order valence-electron chi connectivity index (χ2n) is 3.90. The van der Waals surface area contributed by atoms with Gasteiger partial charge in [0.15, 0.2) is 0 Å². The molecule has 1 fully saturated rings. The number of rotatable bonds is 4. The molecule has 0 amide bonds. The molecule has 1 aliphatic rings. The maximum atomic E-state index is 11.2. The summed E-state index contributed by atoms with van der Waals surface area (Å²) in [5, 5.41) is 0. The molecule has 1 aliphatic carbocycles. The predicted octanol–water partition coefficient (Wildman–Crippen LogP) is 1.23. The van der Waals surface area contributed by atoms with Crippen LogP contribution in [0.15, 0.2) is 0 Å². The maximum absolute atomic E-state index is 11.2. The summed E-state index contributed by atoms with van der Waals surface area (Å²) in [7, 11) is 3.68. The zero-order chi connectivity index (χ0) is 10.6. The van der Waals surface area contributed by atoms with Gasteiger partial charge >= 0.3 is 5.97 Å². The van der Waals surface area contributed by atoms with Crippen molar-refractivity contribution < 1.29 is 9.53 Å². The zero-order valence-corrected chi connectivity index (χ0v) is 10.1. The third-order valence-corrected chi connectivity index (χ3v) is 2.32. The van der Waals surface area contributed by atoms with Crippen molar-refractivity contribution in [1.29, 1.82) is 0 Å². The highest BCUT2D eigenvalue weighted by Gasteiger charge is 2.42. The van der Waals surface area contributed by atoms with Crippen molar-refractivity contribution >= 4 is 21.9 Å². The smallest absolute Gasteiger partial charge is 0.320 e. The number of esters is 1. The van der Waals surface area contributed by atoms with Crippen LogP contribution in [0.4, 0.5) is 0 Å². The summed E-state index contributed by atoms with van der Waals surface area (Å²) in [4.78, 5) is 15.7. The van der Waals surface area contributed by atoms with Crippen LogP contribution < -0.4 is 0 Å². The molecule has 14 heavy (non-hydrogen) atoms. The van der Waals surface area contributed by atoms with Crippen molar-refractivity contribution in [3.63, 3.8) is 0 Å². The standard InChI is InChI=1S/C10H14BrNO2/c1-12(2)7-9(13)14-8-10(3-4-10)5-6-11/h3-4,7-8H2,1-2H3. The third-order valence-electron chi connectivity index (χ3n) is 2.12. The van der Waals surface area contributed by atoms with E-state index in [1.54, 1.807) is 4.90 Å². The summed E-state index contributed by atoms with van der Waals surface area (Å²) in [5.74, 6) is 2.83. The molecule has 1 rings (SSSR count). The molecule has 1 saturated carbocycles. The number of ether oxygens (including phenoxy) is 1. The first-order valence-corrected chi connectivity index (χ1v) is 5.30. The van der Waals surface area contributed by atoms with Gasteiger partial charge in [0, 0.05) is 15.9 Å². The lowest BCUT2D eigenvalue weighted by Gasteiger charge is -2.11. The van der Waals surface area contributed by atoms with Gasteiger partial charge in [0.1, 0.15) is 6.61 Å². The van der Waals surface area contributed by atoms with Gasteiger partial charge in [0.2, 0.25) is 0 Å². The van der Waals surface area contributed by atoms with E-state index in [9.17, 15) is 4.79 Å². The second kappa shape index (κ2) is 4.81. The molecule has 0 unspecified atom stereocenters. The molecule has 0 radical (unpaired) electrons. The number of hydrogen-bond acceptors (Lipinski definition) is 3. The highest BCUT2D eigenvalue weighted by molar-refractivity contribution is 9.12. The van der Waals surface area contributed by atoms with Crippen molar-refractivity contribution in [2.75, 3.05) is 27.2 Å². The van der Waals surface area contributed by atoms with Crippen LogP contribution in [0.2, 0.25) is 0 Å².